The standard InChI is InChI=1S/C5H6FN2.HI/c6-5-2-1-3-8(7)4-5;/h1-4H,7H2;1H/q+1;/p-1. The van der Waals surface area contributed by atoms with Gasteiger partial charge in [0.1, 0.15) is 0 Å². The predicted molar refractivity (Wildman–Crippen MR) is 26.7 cm³/mol. The van der Waals surface area contributed by atoms with Gasteiger partial charge in [0.25, 0.3) is 0 Å². The summed E-state index contributed by atoms with van der Waals surface area (Å²) in [6.07, 6.45) is 2.75. The maximum Gasteiger partial charge on any atom is 0.234 e. The minimum Gasteiger partial charge on any atom is -1.00 e. The smallest absolute Gasteiger partial charge is 0.234 e. The van der Waals surface area contributed by atoms with Crippen molar-refractivity contribution >= 4 is 0 Å². The molecule has 0 radical (unpaired) electrons. The van der Waals surface area contributed by atoms with E-state index >= 15 is 0 Å². The van der Waals surface area contributed by atoms with Crippen molar-refractivity contribution in [3.8, 4) is 0 Å². The summed E-state index contributed by atoms with van der Waals surface area (Å²) in [4.78, 5) is 0. The van der Waals surface area contributed by atoms with Gasteiger partial charge in [-0.25, -0.2) is 10.2 Å². The molecule has 1 aromatic rings. The predicted octanol–water partition coefficient (Wildman–Crippen LogP) is -3.17. The van der Waals surface area contributed by atoms with Crippen molar-refractivity contribution in [3.63, 3.8) is 0 Å². The topological polar surface area (TPSA) is 29.9 Å². The molecular weight excluding hydrogens is 234 g/mol. The zero-order valence-electron chi connectivity index (χ0n) is 4.59. The van der Waals surface area contributed by atoms with Crippen LogP contribution < -0.4 is 34.5 Å². The van der Waals surface area contributed by atoms with Crippen LogP contribution in [-0.4, -0.2) is 0 Å². The number of hydrogen-bond acceptors (Lipinski definition) is 1. The first-order chi connectivity index (χ1) is 3.79. The minimum absolute atomic E-state index is 0. The van der Waals surface area contributed by atoms with E-state index in [-0.39, 0.29) is 29.8 Å². The molecule has 0 saturated heterocycles. The average Bonchev–Trinajstić information content (AvgIpc) is 1.64. The molecule has 2 nitrogen and oxygen atoms in total. The van der Waals surface area contributed by atoms with Gasteiger partial charge in [-0.1, -0.05) is 4.68 Å². The Morgan fingerprint density at radius 2 is 2.22 bits per heavy atom. The number of aromatic nitrogens is 1. The Morgan fingerprint density at radius 1 is 1.56 bits per heavy atom. The summed E-state index contributed by atoms with van der Waals surface area (Å²) in [6, 6.07) is 2.87. The van der Waals surface area contributed by atoms with Crippen LogP contribution in [0, 0.1) is 5.82 Å². The number of nitrogens with zero attached hydrogens (tertiary/aromatic N) is 1. The third kappa shape index (κ3) is 2.59. The Kier molecular flexibility index (Phi) is 3.44. The van der Waals surface area contributed by atoms with Crippen molar-refractivity contribution in [2.45, 2.75) is 0 Å². The van der Waals surface area contributed by atoms with E-state index in [1.54, 1.807) is 6.20 Å². The zero-order chi connectivity index (χ0) is 5.98. The Bertz CT molecular complexity index is 175. The molecule has 4 heteroatoms. The number of hydrogen-bond donors (Lipinski definition) is 1. The number of pyridine rings is 1. The van der Waals surface area contributed by atoms with E-state index in [0.29, 0.717) is 0 Å². The van der Waals surface area contributed by atoms with Gasteiger partial charge in [0.05, 0.1) is 0 Å². The Morgan fingerprint density at radius 3 is 2.56 bits per heavy atom. The second kappa shape index (κ2) is 3.60. The van der Waals surface area contributed by atoms with Crippen molar-refractivity contribution in [2.75, 3.05) is 5.84 Å². The first-order valence-electron chi connectivity index (χ1n) is 2.21. The van der Waals surface area contributed by atoms with E-state index in [2.05, 4.69) is 0 Å². The molecule has 1 heterocycles. The summed E-state index contributed by atoms with van der Waals surface area (Å²) in [5.41, 5.74) is 0. The molecule has 0 spiro atoms. The van der Waals surface area contributed by atoms with E-state index in [9.17, 15) is 4.39 Å². The van der Waals surface area contributed by atoms with Crippen LogP contribution in [0.15, 0.2) is 24.5 Å². The lowest BCUT2D eigenvalue weighted by Gasteiger charge is -1.81. The summed E-state index contributed by atoms with van der Waals surface area (Å²) in [7, 11) is 0. The molecule has 0 saturated carbocycles. The third-order valence-electron chi connectivity index (χ3n) is 0.786. The van der Waals surface area contributed by atoms with E-state index in [4.69, 9.17) is 5.84 Å². The van der Waals surface area contributed by atoms with Gasteiger partial charge in [0.2, 0.25) is 6.20 Å². The Hall–Kier alpha value is -0.390. The molecule has 0 unspecified atom stereocenters. The Balaban J connectivity index is 0.000000640. The highest BCUT2D eigenvalue weighted by molar-refractivity contribution is 4.87. The summed E-state index contributed by atoms with van der Waals surface area (Å²) in [5.74, 6) is 4.81. The largest absolute Gasteiger partial charge is 1.00 e. The van der Waals surface area contributed by atoms with Crippen LogP contribution in [0.5, 0.6) is 0 Å². The molecular formula is C5H6FIN2. The normalized spacial score (nSPS) is 8.11. The lowest BCUT2D eigenvalue weighted by Crippen LogP contribution is -3.00. The van der Waals surface area contributed by atoms with Crippen LogP contribution in [-0.2, 0) is 0 Å². The molecule has 0 aromatic carbocycles. The third-order valence-corrected chi connectivity index (χ3v) is 0.786. The van der Waals surface area contributed by atoms with Crippen LogP contribution in [0.2, 0.25) is 0 Å². The summed E-state index contributed by atoms with van der Waals surface area (Å²) in [5, 5.41) is 0. The van der Waals surface area contributed by atoms with Gasteiger partial charge >= 0.3 is 0 Å². The van der Waals surface area contributed by atoms with Crippen LogP contribution in [0.25, 0.3) is 0 Å². The SMILES string of the molecule is N[n+]1cccc(F)c1.[I-]. The van der Waals surface area contributed by atoms with E-state index in [0.717, 1.165) is 4.68 Å². The zero-order valence-corrected chi connectivity index (χ0v) is 6.75. The Labute approximate surface area is 69.5 Å². The van der Waals surface area contributed by atoms with Gasteiger partial charge in [-0.2, -0.15) is 0 Å². The highest BCUT2D eigenvalue weighted by Crippen LogP contribution is 1.85. The summed E-state index contributed by atoms with van der Waals surface area (Å²) in [6.45, 7) is 0. The molecule has 0 bridgehead atoms. The fraction of sp³-hybridized carbons (Fsp3) is 0. The maximum absolute atomic E-state index is 12.1. The van der Waals surface area contributed by atoms with Gasteiger partial charge in [-0.3, -0.25) is 0 Å². The van der Waals surface area contributed by atoms with Crippen LogP contribution >= 0.6 is 0 Å². The lowest BCUT2D eigenvalue weighted by atomic mass is 10.5. The monoisotopic (exact) mass is 240 g/mol. The molecule has 0 aliphatic rings. The molecule has 0 amide bonds. The van der Waals surface area contributed by atoms with E-state index in [1.165, 1.54) is 18.3 Å². The molecule has 0 fully saturated rings. The molecule has 0 aliphatic heterocycles. The fourth-order valence-electron chi connectivity index (χ4n) is 0.463. The first kappa shape index (κ1) is 8.61. The summed E-state index contributed by atoms with van der Waals surface area (Å²) < 4.78 is 13.2. The molecule has 0 aliphatic carbocycles. The van der Waals surface area contributed by atoms with Crippen molar-refractivity contribution in [1.82, 2.24) is 0 Å². The number of halogens is 2. The summed E-state index contributed by atoms with van der Waals surface area (Å²) >= 11 is 0. The van der Waals surface area contributed by atoms with Gasteiger partial charge in [0, 0.05) is 6.07 Å². The lowest BCUT2D eigenvalue weighted by molar-refractivity contribution is -0.640. The maximum atomic E-state index is 12.1. The second-order valence-electron chi connectivity index (χ2n) is 1.47. The van der Waals surface area contributed by atoms with Crippen molar-refractivity contribution < 1.29 is 33.0 Å². The second-order valence-corrected chi connectivity index (χ2v) is 1.47. The minimum atomic E-state index is -0.324. The number of nitrogen functional groups attached to an aromatic ring is 1. The first-order valence-corrected chi connectivity index (χ1v) is 2.21. The average molecular weight is 240 g/mol. The van der Waals surface area contributed by atoms with E-state index < -0.39 is 0 Å². The quantitative estimate of drug-likeness (QED) is 0.289. The number of rotatable bonds is 0. The van der Waals surface area contributed by atoms with Crippen LogP contribution in [0.4, 0.5) is 4.39 Å². The number of nitrogens with two attached hydrogens (primary N) is 1. The molecule has 1 aromatic heterocycles. The van der Waals surface area contributed by atoms with E-state index in [1.807, 2.05) is 0 Å². The molecule has 0 atom stereocenters. The van der Waals surface area contributed by atoms with Gasteiger partial charge in [-0.05, 0) is 6.07 Å². The molecule has 9 heavy (non-hydrogen) atoms. The van der Waals surface area contributed by atoms with Crippen LogP contribution in [0.1, 0.15) is 0 Å². The molecule has 2 N–H and O–H groups in total. The fourth-order valence-corrected chi connectivity index (χ4v) is 0.463. The van der Waals surface area contributed by atoms with Gasteiger partial charge in [-0.15, -0.1) is 0 Å². The highest BCUT2D eigenvalue weighted by atomic mass is 127. The molecule has 1 rings (SSSR count). The highest BCUT2D eigenvalue weighted by Gasteiger charge is 1.92. The molecule has 50 valence electrons. The van der Waals surface area contributed by atoms with Gasteiger partial charge in [0.15, 0.2) is 12.0 Å². The van der Waals surface area contributed by atoms with Crippen molar-refractivity contribution in [1.29, 1.82) is 0 Å². The van der Waals surface area contributed by atoms with Crippen molar-refractivity contribution in [2.24, 2.45) is 0 Å². The van der Waals surface area contributed by atoms with Crippen LogP contribution in [0.3, 0.4) is 0 Å². The van der Waals surface area contributed by atoms with Crippen molar-refractivity contribution in [3.05, 3.63) is 30.3 Å². The van der Waals surface area contributed by atoms with Gasteiger partial charge < -0.3 is 24.0 Å².